The molecule has 0 aromatic carbocycles. The second-order valence-electron chi connectivity index (χ2n) is 1.24. The molecule has 41 valence electrons. The van der Waals surface area contributed by atoms with Crippen molar-refractivity contribution in [2.24, 2.45) is 0 Å². The summed E-state index contributed by atoms with van der Waals surface area (Å²) >= 11 is 5.37. The lowest BCUT2D eigenvalue weighted by atomic mass is 10.4. The molecule has 0 saturated heterocycles. The van der Waals surface area contributed by atoms with E-state index in [1.54, 1.807) is 0 Å². The summed E-state index contributed by atoms with van der Waals surface area (Å²) < 4.78 is 4.59. The third kappa shape index (κ3) is 6.47. The van der Waals surface area contributed by atoms with E-state index in [-0.39, 0.29) is 0 Å². The molecular weight excluding hydrogens is 128 g/mol. The van der Waals surface area contributed by atoms with Gasteiger partial charge in [0.25, 0.3) is 0 Å². The van der Waals surface area contributed by atoms with E-state index in [9.17, 15) is 0 Å². The number of hydrogen-bond acceptors (Lipinski definition) is 1. The van der Waals surface area contributed by atoms with Crippen molar-refractivity contribution < 1.29 is 4.43 Å². The lowest BCUT2D eigenvalue weighted by Crippen LogP contribution is -1.88. The van der Waals surface area contributed by atoms with Gasteiger partial charge >= 0.3 is 0 Å². The van der Waals surface area contributed by atoms with E-state index < -0.39 is 0 Å². The van der Waals surface area contributed by atoms with Crippen molar-refractivity contribution in [2.75, 3.05) is 12.5 Å². The molecular formula is C4H8ClOSi. The Morgan fingerprint density at radius 1 is 1.43 bits per heavy atom. The van der Waals surface area contributed by atoms with E-state index in [1.807, 2.05) is 0 Å². The van der Waals surface area contributed by atoms with Gasteiger partial charge in [-0.15, -0.1) is 11.6 Å². The van der Waals surface area contributed by atoms with Crippen LogP contribution in [0.2, 0.25) is 0 Å². The molecule has 0 aliphatic carbocycles. The lowest BCUT2D eigenvalue weighted by Gasteiger charge is -1.91. The third-order valence-corrected chi connectivity index (χ3v) is 1.10. The molecule has 1 nitrogen and oxygen atoms in total. The Bertz CT molecular complexity index is 30.9. The van der Waals surface area contributed by atoms with Crippen LogP contribution in [0.5, 0.6) is 0 Å². The zero-order valence-electron chi connectivity index (χ0n) is 4.11. The molecule has 0 bridgehead atoms. The number of unbranched alkanes of at least 4 members (excludes halogenated alkanes) is 1. The van der Waals surface area contributed by atoms with Crippen LogP contribution in [0.1, 0.15) is 12.8 Å². The minimum Gasteiger partial charge on any atom is -0.419 e. The first kappa shape index (κ1) is 7.47. The topological polar surface area (TPSA) is 9.23 Å². The van der Waals surface area contributed by atoms with Crippen molar-refractivity contribution in [3.63, 3.8) is 0 Å². The zero-order chi connectivity index (χ0) is 5.54. The van der Waals surface area contributed by atoms with Crippen LogP contribution in [-0.2, 0) is 4.43 Å². The summed E-state index contributed by atoms with van der Waals surface area (Å²) in [5, 5.41) is 0. The van der Waals surface area contributed by atoms with Crippen LogP contribution in [0.25, 0.3) is 0 Å². The quantitative estimate of drug-likeness (QED) is 0.319. The van der Waals surface area contributed by atoms with Gasteiger partial charge in [0.15, 0.2) is 0 Å². The van der Waals surface area contributed by atoms with Crippen molar-refractivity contribution in [1.29, 1.82) is 0 Å². The van der Waals surface area contributed by atoms with Crippen molar-refractivity contribution in [3.05, 3.63) is 0 Å². The largest absolute Gasteiger partial charge is 0.419 e. The van der Waals surface area contributed by atoms with Crippen LogP contribution in [0.15, 0.2) is 0 Å². The van der Waals surface area contributed by atoms with Crippen molar-refractivity contribution in [2.45, 2.75) is 12.8 Å². The molecule has 3 radical (unpaired) electrons. The SMILES string of the molecule is [Si]OCCCCCl. The standard InChI is InChI=1S/C4H8ClOSi/c5-3-1-2-4-6-7/h1-4H2. The fraction of sp³-hybridized carbons (Fsp3) is 1.00. The molecule has 0 amide bonds. The first-order chi connectivity index (χ1) is 3.41. The number of rotatable bonds is 4. The minimum absolute atomic E-state index is 0.732. The van der Waals surface area contributed by atoms with Gasteiger partial charge in [0.2, 0.25) is 10.5 Å². The number of alkyl halides is 1. The predicted molar refractivity (Wildman–Crippen MR) is 31.7 cm³/mol. The van der Waals surface area contributed by atoms with Crippen LogP contribution in [0.3, 0.4) is 0 Å². The van der Waals surface area contributed by atoms with Gasteiger partial charge in [-0.1, -0.05) is 0 Å². The average Bonchev–Trinajstić information content (AvgIpc) is 1.69. The van der Waals surface area contributed by atoms with E-state index in [4.69, 9.17) is 11.6 Å². The summed E-state index contributed by atoms with van der Waals surface area (Å²) in [6, 6.07) is 0. The lowest BCUT2D eigenvalue weighted by molar-refractivity contribution is 0.340. The third-order valence-electron chi connectivity index (χ3n) is 0.630. The van der Waals surface area contributed by atoms with Crippen LogP contribution >= 0.6 is 11.6 Å². The van der Waals surface area contributed by atoms with Gasteiger partial charge in [-0.2, -0.15) is 0 Å². The van der Waals surface area contributed by atoms with Gasteiger partial charge in [-0.25, -0.2) is 0 Å². The molecule has 3 heteroatoms. The summed E-state index contributed by atoms with van der Waals surface area (Å²) in [4.78, 5) is 0. The number of hydrogen-bond donors (Lipinski definition) is 0. The maximum atomic E-state index is 5.37. The van der Waals surface area contributed by atoms with E-state index in [2.05, 4.69) is 14.9 Å². The van der Waals surface area contributed by atoms with Gasteiger partial charge in [-0.05, 0) is 12.8 Å². The van der Waals surface area contributed by atoms with E-state index in [0.717, 1.165) is 25.3 Å². The van der Waals surface area contributed by atoms with Crippen LogP contribution < -0.4 is 0 Å². The summed E-state index contributed by atoms with van der Waals surface area (Å²) in [7, 11) is 2.88. The molecule has 0 heterocycles. The Morgan fingerprint density at radius 2 is 2.14 bits per heavy atom. The fourth-order valence-corrected chi connectivity index (χ4v) is 0.602. The van der Waals surface area contributed by atoms with E-state index in [0.29, 0.717) is 0 Å². The molecule has 0 fully saturated rings. The Morgan fingerprint density at radius 3 is 2.57 bits per heavy atom. The summed E-state index contributed by atoms with van der Waals surface area (Å²) in [5.41, 5.74) is 0. The molecule has 0 spiro atoms. The highest BCUT2D eigenvalue weighted by Gasteiger charge is 1.81. The van der Waals surface area contributed by atoms with E-state index >= 15 is 0 Å². The maximum absolute atomic E-state index is 5.37. The zero-order valence-corrected chi connectivity index (χ0v) is 5.87. The first-order valence-electron chi connectivity index (χ1n) is 2.26. The van der Waals surface area contributed by atoms with Crippen molar-refractivity contribution in [1.82, 2.24) is 0 Å². The Hall–Kier alpha value is 0.467. The molecule has 0 aliphatic heterocycles. The Kier molecular flexibility index (Phi) is 6.90. The van der Waals surface area contributed by atoms with Crippen LogP contribution in [-0.4, -0.2) is 23.0 Å². The normalized spacial score (nSPS) is 9.43. The van der Waals surface area contributed by atoms with Crippen LogP contribution in [0.4, 0.5) is 0 Å². The summed E-state index contributed by atoms with van der Waals surface area (Å²) in [5.74, 6) is 0.732. The molecule has 0 rings (SSSR count). The second kappa shape index (κ2) is 6.47. The molecule has 0 aromatic rings. The molecule has 0 saturated carbocycles. The van der Waals surface area contributed by atoms with Gasteiger partial charge in [-0.3, -0.25) is 0 Å². The van der Waals surface area contributed by atoms with E-state index in [1.165, 1.54) is 0 Å². The predicted octanol–water partition coefficient (Wildman–Crippen LogP) is 1.11. The van der Waals surface area contributed by atoms with Gasteiger partial charge in [0.1, 0.15) is 0 Å². The molecule has 0 N–H and O–H groups in total. The fourth-order valence-electron chi connectivity index (χ4n) is 0.269. The van der Waals surface area contributed by atoms with Gasteiger partial charge in [0.05, 0.1) is 0 Å². The minimum atomic E-state index is 0.732. The highest BCUT2D eigenvalue weighted by molar-refractivity contribution is 6.17. The van der Waals surface area contributed by atoms with Crippen molar-refractivity contribution in [3.8, 4) is 0 Å². The van der Waals surface area contributed by atoms with Crippen LogP contribution in [0, 0.1) is 0 Å². The Balaban J connectivity index is 2.45. The highest BCUT2D eigenvalue weighted by atomic mass is 35.5. The summed E-state index contributed by atoms with van der Waals surface area (Å²) in [6.45, 7) is 0.754. The maximum Gasteiger partial charge on any atom is 0.246 e. The highest BCUT2D eigenvalue weighted by Crippen LogP contribution is 1.89. The molecule has 7 heavy (non-hydrogen) atoms. The molecule has 0 aromatic heterocycles. The monoisotopic (exact) mass is 135 g/mol. The average molecular weight is 136 g/mol. The molecule has 0 atom stereocenters. The first-order valence-corrected chi connectivity index (χ1v) is 3.20. The number of halogens is 1. The Labute approximate surface area is 52.5 Å². The molecule has 0 aliphatic rings. The molecule has 0 unspecified atom stereocenters. The second-order valence-corrected chi connectivity index (χ2v) is 1.91. The van der Waals surface area contributed by atoms with Gasteiger partial charge < -0.3 is 4.43 Å². The van der Waals surface area contributed by atoms with Gasteiger partial charge in [0, 0.05) is 12.5 Å². The van der Waals surface area contributed by atoms with Crippen molar-refractivity contribution >= 4 is 22.1 Å². The smallest absolute Gasteiger partial charge is 0.246 e. The summed E-state index contributed by atoms with van der Waals surface area (Å²) in [6.07, 6.45) is 2.07.